The van der Waals surface area contributed by atoms with Gasteiger partial charge in [0.05, 0.1) is 28.3 Å². The zero-order valence-corrected chi connectivity index (χ0v) is 14.4. The summed E-state index contributed by atoms with van der Waals surface area (Å²) < 4.78 is 46.3. The Morgan fingerprint density at radius 3 is 2.20 bits per heavy atom. The monoisotopic (exact) mass is 361 g/mol. The molecule has 0 aliphatic carbocycles. The van der Waals surface area contributed by atoms with Gasteiger partial charge < -0.3 is 22.0 Å². The molecule has 25 heavy (non-hydrogen) atoms. The summed E-state index contributed by atoms with van der Waals surface area (Å²) in [4.78, 5) is 1.88. The molecule has 0 aliphatic heterocycles. The fourth-order valence-electron chi connectivity index (χ4n) is 2.13. The molecule has 0 fully saturated rings. The summed E-state index contributed by atoms with van der Waals surface area (Å²) in [6.07, 6.45) is 0.724. The molecular formula is C14H20BF4N5O. The molecule has 0 amide bonds. The molecule has 138 valence electrons. The Bertz CT molecular complexity index is 680. The van der Waals surface area contributed by atoms with Gasteiger partial charge in [0.1, 0.15) is 5.69 Å². The van der Waals surface area contributed by atoms with Gasteiger partial charge in [0, 0.05) is 6.42 Å². The average Bonchev–Trinajstić information content (AvgIpc) is 2.95. The summed E-state index contributed by atoms with van der Waals surface area (Å²) in [5, 5.41) is 11.2. The van der Waals surface area contributed by atoms with E-state index in [1.165, 1.54) is 5.56 Å². The van der Waals surface area contributed by atoms with Crippen molar-refractivity contribution >= 4 is 19.1 Å². The number of aromatic amines is 1. The smallest absolute Gasteiger partial charge is 0.435 e. The van der Waals surface area contributed by atoms with E-state index >= 15 is 0 Å². The normalized spacial score (nSPS) is 10.6. The molecule has 1 aromatic carbocycles. The Kier molecular flexibility index (Phi) is 7.40. The molecule has 0 saturated heterocycles. The minimum absolute atomic E-state index is 0.702. The third kappa shape index (κ3) is 7.23. The SMILES string of the molecule is COC(N(C)c1n[nH]nc1Cc1ccccc1)=[N+](C)C.F[B-](F)(F)F. The number of rotatable bonds is 3. The predicted molar refractivity (Wildman–Crippen MR) is 88.3 cm³/mol. The second-order valence-electron chi connectivity index (χ2n) is 5.19. The number of nitrogens with zero attached hydrogens (tertiary/aromatic N) is 4. The van der Waals surface area contributed by atoms with Crippen LogP contribution in [0.2, 0.25) is 0 Å². The van der Waals surface area contributed by atoms with Crippen LogP contribution < -0.4 is 4.90 Å². The van der Waals surface area contributed by atoms with E-state index in [1.54, 1.807) is 7.11 Å². The van der Waals surface area contributed by atoms with Gasteiger partial charge in [0.25, 0.3) is 5.82 Å². The second-order valence-corrected chi connectivity index (χ2v) is 5.19. The van der Waals surface area contributed by atoms with Crippen molar-refractivity contribution in [2.45, 2.75) is 6.42 Å². The number of H-pyrrole nitrogens is 1. The number of benzene rings is 1. The zero-order valence-electron chi connectivity index (χ0n) is 14.4. The van der Waals surface area contributed by atoms with E-state index in [0.29, 0.717) is 6.02 Å². The summed E-state index contributed by atoms with van der Waals surface area (Å²) in [6, 6.07) is 10.9. The predicted octanol–water partition coefficient (Wildman–Crippen LogP) is 2.41. The van der Waals surface area contributed by atoms with Crippen molar-refractivity contribution in [1.82, 2.24) is 15.4 Å². The zero-order chi connectivity index (χ0) is 19.0. The Morgan fingerprint density at radius 1 is 1.16 bits per heavy atom. The molecule has 0 atom stereocenters. The lowest BCUT2D eigenvalue weighted by Gasteiger charge is -2.12. The lowest BCUT2D eigenvalue weighted by atomic mass is 10.1. The van der Waals surface area contributed by atoms with Gasteiger partial charge in [-0.05, 0) is 5.56 Å². The molecule has 1 aromatic heterocycles. The second kappa shape index (κ2) is 9.04. The van der Waals surface area contributed by atoms with Gasteiger partial charge in [-0.25, -0.2) is 4.58 Å². The molecule has 2 aromatic rings. The first kappa shape index (κ1) is 20.5. The van der Waals surface area contributed by atoms with Crippen molar-refractivity contribution in [3.8, 4) is 0 Å². The molecule has 1 N–H and O–H groups in total. The van der Waals surface area contributed by atoms with E-state index in [9.17, 15) is 17.3 Å². The molecule has 0 spiro atoms. The van der Waals surface area contributed by atoms with Crippen LogP contribution in [0.15, 0.2) is 30.3 Å². The molecule has 1 heterocycles. The number of amidine groups is 1. The van der Waals surface area contributed by atoms with Crippen LogP contribution in [0.3, 0.4) is 0 Å². The molecule has 0 aliphatic rings. The van der Waals surface area contributed by atoms with Gasteiger partial charge in [0.15, 0.2) is 0 Å². The maximum absolute atomic E-state index is 9.75. The Hall–Kier alpha value is -2.59. The van der Waals surface area contributed by atoms with Crippen LogP contribution >= 0.6 is 0 Å². The van der Waals surface area contributed by atoms with Crippen LogP contribution in [0, 0.1) is 0 Å². The van der Waals surface area contributed by atoms with Crippen molar-refractivity contribution in [3.05, 3.63) is 41.6 Å². The highest BCUT2D eigenvalue weighted by molar-refractivity contribution is 6.50. The van der Waals surface area contributed by atoms with Gasteiger partial charge in [-0.15, -0.1) is 5.10 Å². The van der Waals surface area contributed by atoms with E-state index in [1.807, 2.05) is 48.8 Å². The number of anilines is 1. The minimum atomic E-state index is -6.00. The first-order valence-electron chi connectivity index (χ1n) is 7.26. The molecule has 0 bridgehead atoms. The van der Waals surface area contributed by atoms with Crippen molar-refractivity contribution < 1.29 is 26.6 Å². The van der Waals surface area contributed by atoms with Crippen LogP contribution in [0.25, 0.3) is 0 Å². The number of methoxy groups -OCH3 is 1. The lowest BCUT2D eigenvalue weighted by molar-refractivity contribution is -0.475. The maximum atomic E-state index is 9.75. The fourth-order valence-corrected chi connectivity index (χ4v) is 2.13. The molecular weight excluding hydrogens is 341 g/mol. The van der Waals surface area contributed by atoms with Gasteiger partial charge in [-0.3, -0.25) is 0 Å². The number of nitrogens with one attached hydrogen (secondary N) is 1. The average molecular weight is 361 g/mol. The van der Waals surface area contributed by atoms with Crippen LogP contribution in [-0.4, -0.2) is 61.5 Å². The van der Waals surface area contributed by atoms with Gasteiger partial charge in [0.2, 0.25) is 0 Å². The van der Waals surface area contributed by atoms with Gasteiger partial charge in [-0.1, -0.05) is 30.3 Å². The lowest BCUT2D eigenvalue weighted by Crippen LogP contribution is -2.35. The molecule has 11 heteroatoms. The van der Waals surface area contributed by atoms with E-state index in [0.717, 1.165) is 17.9 Å². The highest BCUT2D eigenvalue weighted by Gasteiger charge is 2.26. The topological polar surface area (TPSA) is 57.0 Å². The number of halogens is 4. The first-order valence-corrected chi connectivity index (χ1v) is 7.26. The van der Waals surface area contributed by atoms with E-state index < -0.39 is 7.25 Å². The molecule has 6 nitrogen and oxygen atoms in total. The maximum Gasteiger partial charge on any atom is 0.673 e. The summed E-state index contributed by atoms with van der Waals surface area (Å²) >= 11 is 0. The number of aromatic nitrogens is 3. The van der Waals surface area contributed by atoms with E-state index in [2.05, 4.69) is 27.5 Å². The van der Waals surface area contributed by atoms with Crippen LogP contribution in [0.5, 0.6) is 0 Å². The van der Waals surface area contributed by atoms with Crippen molar-refractivity contribution in [2.24, 2.45) is 0 Å². The first-order chi connectivity index (χ1) is 11.6. The Labute approximate surface area is 143 Å². The third-order valence-corrected chi connectivity index (χ3v) is 2.98. The summed E-state index contributed by atoms with van der Waals surface area (Å²) in [6.45, 7) is 0. The highest BCUT2D eigenvalue weighted by Crippen LogP contribution is 2.17. The van der Waals surface area contributed by atoms with E-state index in [4.69, 9.17) is 4.74 Å². The molecule has 0 saturated carbocycles. The summed E-state index contributed by atoms with van der Waals surface area (Å²) in [7, 11) is 1.40. The summed E-state index contributed by atoms with van der Waals surface area (Å²) in [5.74, 6) is 0.763. The quantitative estimate of drug-likeness (QED) is 0.300. The molecule has 2 rings (SSSR count). The van der Waals surface area contributed by atoms with Crippen molar-refractivity contribution in [1.29, 1.82) is 0 Å². The third-order valence-electron chi connectivity index (χ3n) is 2.98. The molecule has 0 radical (unpaired) electrons. The standard InChI is InChI=1S/C14H20N5O.BF4/c1-18(2)14(20-4)19(3)13-12(15-17-16-13)10-11-8-6-5-7-9-11;2-1(3,4)5/h5-9H,10H2,1-4H3,(H,15,16,17);/q+1;-1. The Morgan fingerprint density at radius 2 is 1.72 bits per heavy atom. The fraction of sp³-hybridized carbons (Fsp3) is 0.357. The highest BCUT2D eigenvalue weighted by atomic mass is 19.5. The largest absolute Gasteiger partial charge is 0.673 e. The van der Waals surface area contributed by atoms with Crippen LogP contribution in [0.4, 0.5) is 23.1 Å². The number of hydrogen-bond acceptors (Lipinski definition) is 3. The number of hydrogen-bond donors (Lipinski definition) is 1. The van der Waals surface area contributed by atoms with Crippen molar-refractivity contribution in [3.63, 3.8) is 0 Å². The van der Waals surface area contributed by atoms with Crippen molar-refractivity contribution in [2.75, 3.05) is 33.2 Å². The van der Waals surface area contributed by atoms with E-state index in [-0.39, 0.29) is 0 Å². The number of ether oxygens (including phenoxy) is 1. The summed E-state index contributed by atoms with van der Waals surface area (Å²) in [5.41, 5.74) is 2.08. The minimum Gasteiger partial charge on any atom is -0.435 e. The molecule has 0 unspecified atom stereocenters. The van der Waals surface area contributed by atoms with Crippen LogP contribution in [0.1, 0.15) is 11.3 Å². The van der Waals surface area contributed by atoms with Gasteiger partial charge in [-0.2, -0.15) is 15.2 Å². The van der Waals surface area contributed by atoms with Gasteiger partial charge >= 0.3 is 13.3 Å². The Balaban J connectivity index is 0.000000550. The van der Waals surface area contributed by atoms with Crippen LogP contribution in [-0.2, 0) is 11.2 Å².